The van der Waals surface area contributed by atoms with E-state index in [0.29, 0.717) is 165 Å². The average molecular weight is 2170 g/mol. The van der Waals surface area contributed by atoms with Crippen LogP contribution in [0.2, 0.25) is 0 Å². The Morgan fingerprint density at radius 1 is 0.456 bits per heavy atom. The van der Waals surface area contributed by atoms with Crippen molar-refractivity contribution < 1.29 is 108 Å². The number of fused-ring (bicyclic) bond motifs is 2. The highest BCUT2D eigenvalue weighted by Crippen LogP contribution is 2.41. The van der Waals surface area contributed by atoms with Crippen molar-refractivity contribution in [3.63, 3.8) is 0 Å². The second-order valence-corrected chi connectivity index (χ2v) is 44.8. The number of anilines is 1. The first kappa shape index (κ1) is 109. The highest BCUT2D eigenvalue weighted by atomic mass is 32.2. The van der Waals surface area contributed by atoms with Crippen LogP contribution in [0.5, 0.6) is 5.75 Å². The van der Waals surface area contributed by atoms with Crippen LogP contribution in [0.3, 0.4) is 0 Å². The van der Waals surface area contributed by atoms with Gasteiger partial charge in [0.05, 0.1) is 146 Å². The van der Waals surface area contributed by atoms with Gasteiger partial charge in [-0.1, -0.05) is 36.4 Å². The Labute approximate surface area is 859 Å². The summed E-state index contributed by atoms with van der Waals surface area (Å²) in [4.78, 5) is 93.1. The molecule has 13 N–H and O–H groups in total. The number of hydrogen-bond donors (Lipinski definition) is 9. The molecule has 0 bridgehead atoms. The van der Waals surface area contributed by atoms with E-state index in [-0.39, 0.29) is 91.7 Å². The van der Waals surface area contributed by atoms with Gasteiger partial charge < -0.3 is 39.6 Å². The lowest BCUT2D eigenvalue weighted by atomic mass is 9.96. The second kappa shape index (κ2) is 48.5. The number of methoxy groups -OCH3 is 1. The Morgan fingerprint density at radius 3 is 1.35 bits per heavy atom. The van der Waals surface area contributed by atoms with E-state index < -0.39 is 89.2 Å². The molecule has 774 valence electrons. The van der Waals surface area contributed by atoms with Gasteiger partial charge in [-0.2, -0.15) is 52.1 Å². The number of carbonyl (C=O) groups is 4. The molecule has 11 heterocycles. The number of benzene rings is 3. The molecule has 0 saturated heterocycles. The van der Waals surface area contributed by atoms with Crippen LogP contribution in [0.15, 0.2) is 206 Å². The summed E-state index contributed by atoms with van der Waals surface area (Å²) in [5, 5.41) is 82.6. The largest absolute Gasteiger partial charge is 0.496 e. The Kier molecular flexibility index (Phi) is 36.0. The van der Waals surface area contributed by atoms with Crippen LogP contribution in [-0.4, -0.2) is 195 Å². The van der Waals surface area contributed by atoms with Gasteiger partial charge in [-0.15, -0.1) is 45.3 Å². The smallest absolute Gasteiger partial charge is 0.416 e. The fourth-order valence-corrected chi connectivity index (χ4v) is 23.6. The molecule has 4 aliphatic rings. The Morgan fingerprint density at radius 2 is 0.878 bits per heavy atom. The molecule has 0 radical (unpaired) electrons. The normalized spacial score (nSPS) is 20.0. The van der Waals surface area contributed by atoms with E-state index in [4.69, 9.17) is 30.6 Å². The minimum absolute atomic E-state index is 0.00633. The summed E-state index contributed by atoms with van der Waals surface area (Å²) in [5.41, 5.74) is 10.4. The molecule has 0 aliphatic heterocycles. The van der Waals surface area contributed by atoms with Crippen LogP contribution in [0, 0.1) is 52.8 Å². The predicted molar refractivity (Wildman–Crippen MR) is 539 cm³/mol. The lowest BCUT2D eigenvalue weighted by molar-refractivity contribution is -0.137. The standard InChI is InChI=1S/C26H25F3N4O5S2.C24H25N5O5S2.C24H28N4O6S2.C24H24N4O5S2/c27-26(28,29)19-2-1-17-3-4-33(22(17)9-19)11-16-8-24(39-13-16)25(35)20-10-31-14-32-21(20)6-15-5-18(23(34)7-15)12-38-40(30,36)37;25-36(32,33)34-12-18-5-15(7-22(18)30)6-20-19(9-27-14-28-20)24(31)23-8-16(13-35-23)11-29-4-2-17-1-3-26-10-21(17)29;1-33-21-5-3-2-4-16(21)7-6-15-8-22(35-13-15)23(30)19-11-26-14-27-24(19)28-18-9-17(20(29)10-18)12-34-36(25,31)32;25-10-16-3-1-2-15(4-16)5-18-9-23(34-13-18)24(30)20-11-27-14-28-21(20)7-17-6-19(22(29)8-17)12-33-35(26,31)32/h1-4,8-10,13-15,18,23,34H,5-7,11-12H2,(H2,30,36,37);1-4,8-10,13-15,18,22,30H,5-7,11-12H2,(H2,25,32,33);2-5,8,11,13-14,17-18,20,29H,6-7,9-10,12H2,1H3,(H2,25,31,32)(H,26,27,28);1-4,9,11,13-14,17,19,22,29H,5-8,12H2,(H2,26,31,32)/t15-,18+,23-;15-,18+,22-;17-,18-,20+;17-,19+,22-/m0010/s1. The second-order valence-electron chi connectivity index (χ2n) is 36.3. The van der Waals surface area contributed by atoms with Gasteiger partial charge >= 0.3 is 47.4 Å². The molecule has 0 unspecified atom stereocenters. The summed E-state index contributed by atoms with van der Waals surface area (Å²) >= 11 is 5.32. The van der Waals surface area contributed by atoms with E-state index in [1.165, 1.54) is 102 Å². The number of nitrogens with two attached hydrogens (primary N) is 4. The molecular weight excluding hydrogens is 2060 g/mol. The van der Waals surface area contributed by atoms with E-state index in [1.807, 2.05) is 101 Å². The SMILES string of the molecule is COc1ccccc1CCc1csc(C(=O)c2cncnc2N[C@@H]2C[C@H](COS(N)(=O)=O)[C@@H](O)C2)c1.N#Cc1cccc(Cc2csc(C(=O)c3cncnc3C[C@@H]3C[C@H](COS(N)(=O)=O)[C@@H](O)C3)c2)c1.NS(=O)(=O)OC[C@H]1C[C@@H](Cc2ncncc2C(=O)c2cc(Cn3ccc4ccc(C(F)(F)F)cc43)cs2)C[C@@H]1O.NS(=O)(=O)OC[C@H]1C[C@@H](Cc2ncncc2C(=O)c2cc(Cn3ccc4ccncc43)cs2)C[C@@H]1O. The molecule has 49 heteroatoms. The minimum Gasteiger partial charge on any atom is -0.496 e. The quantitative estimate of drug-likeness (QED) is 0.0162. The summed E-state index contributed by atoms with van der Waals surface area (Å²) in [7, 11) is -14.7. The molecule has 3 aromatic carbocycles. The Bertz CT molecular complexity index is 7590. The first-order valence-electron chi connectivity index (χ1n) is 46.1. The highest BCUT2D eigenvalue weighted by Gasteiger charge is 2.41. The van der Waals surface area contributed by atoms with E-state index in [1.54, 1.807) is 47.6 Å². The number of pyridine rings is 1. The number of rotatable bonds is 38. The van der Waals surface area contributed by atoms with Crippen molar-refractivity contribution in [3.05, 3.63) is 309 Å². The number of nitrogens with one attached hydrogen (secondary N) is 1. The Hall–Kier alpha value is -12.1. The van der Waals surface area contributed by atoms with Gasteiger partial charge in [-0.3, -0.25) is 40.9 Å². The number of thiophene rings is 4. The number of nitrogens with zero attached hydrogens (tertiary/aromatic N) is 12. The number of ether oxygens (including phenoxy) is 1. The topological polar surface area (TPSA) is 598 Å². The van der Waals surface area contributed by atoms with Crippen LogP contribution in [0.1, 0.15) is 174 Å². The fourth-order valence-electron chi connectivity index (χ4n) is 18.7. The number of aryl methyl sites for hydroxylation is 2. The molecule has 12 atom stereocenters. The van der Waals surface area contributed by atoms with E-state index in [2.05, 4.69) is 77.5 Å². The summed E-state index contributed by atoms with van der Waals surface area (Å²) in [5.74, 6) is -1.16. The molecule has 18 rings (SSSR count). The molecule has 4 saturated carbocycles. The summed E-state index contributed by atoms with van der Waals surface area (Å²) < 4.78 is 156. The summed E-state index contributed by atoms with van der Waals surface area (Å²) in [6.45, 7) is 0.130. The number of aliphatic hydroxyl groups excluding tert-OH is 4. The first-order chi connectivity index (χ1) is 70.1. The third kappa shape index (κ3) is 30.2. The highest BCUT2D eigenvalue weighted by molar-refractivity contribution is 7.85. The molecule has 38 nitrogen and oxygen atoms in total. The molecule has 147 heavy (non-hydrogen) atoms. The van der Waals surface area contributed by atoms with Crippen molar-refractivity contribution in [1.82, 2.24) is 54.0 Å². The molecule has 0 spiro atoms. The van der Waals surface area contributed by atoms with Gasteiger partial charge in [0.2, 0.25) is 23.1 Å². The molecular formula is C98H102F3N17O21S8. The van der Waals surface area contributed by atoms with Gasteiger partial charge in [0.1, 0.15) is 36.9 Å². The van der Waals surface area contributed by atoms with Gasteiger partial charge in [0.15, 0.2) is 0 Å². The van der Waals surface area contributed by atoms with Crippen LogP contribution < -0.4 is 30.6 Å². The monoisotopic (exact) mass is 2170 g/mol. The van der Waals surface area contributed by atoms with Gasteiger partial charge in [0.25, 0.3) is 0 Å². The lowest BCUT2D eigenvalue weighted by Crippen LogP contribution is -2.24. The van der Waals surface area contributed by atoms with Crippen LogP contribution in [-0.2, 0) is 116 Å². The number of ketones is 4. The number of nitriles is 1. The molecule has 11 aromatic heterocycles. The summed E-state index contributed by atoms with van der Waals surface area (Å²) in [6.07, 6.45) is 18.4. The van der Waals surface area contributed by atoms with Crippen molar-refractivity contribution >= 4 is 137 Å². The number of hydrogen-bond acceptors (Lipinski definition) is 36. The third-order valence-corrected chi connectivity index (χ3v) is 31.6. The van der Waals surface area contributed by atoms with Crippen molar-refractivity contribution in [1.29, 1.82) is 5.26 Å². The number of carbonyl (C=O) groups excluding carboxylic acids is 4. The van der Waals surface area contributed by atoms with Gasteiger partial charge in [-0.25, -0.2) is 60.4 Å². The fraction of sp³-hybridized carbons (Fsp3) is 0.347. The zero-order chi connectivity index (χ0) is 105. The molecule has 0 amide bonds. The van der Waals surface area contributed by atoms with E-state index in [9.17, 15) is 86.4 Å². The number of alkyl halides is 3. The maximum absolute atomic E-state index is 13.4. The number of aliphatic hydroxyl groups is 4. The van der Waals surface area contributed by atoms with Crippen molar-refractivity contribution in [2.75, 3.05) is 38.9 Å². The van der Waals surface area contributed by atoms with Crippen LogP contribution in [0.4, 0.5) is 19.0 Å². The van der Waals surface area contributed by atoms with Crippen molar-refractivity contribution in [2.24, 2.45) is 62.0 Å². The van der Waals surface area contributed by atoms with E-state index in [0.717, 1.165) is 75.0 Å². The molecule has 4 aliphatic carbocycles. The summed E-state index contributed by atoms with van der Waals surface area (Å²) in [6, 6.07) is 33.8. The van der Waals surface area contributed by atoms with Crippen molar-refractivity contribution in [3.8, 4) is 11.8 Å². The van der Waals surface area contributed by atoms with E-state index >= 15 is 0 Å². The third-order valence-electron chi connectivity index (χ3n) is 25.8. The maximum atomic E-state index is 13.4. The zero-order valence-corrected chi connectivity index (χ0v) is 85.0. The van der Waals surface area contributed by atoms with Gasteiger partial charge in [-0.05, 0) is 241 Å². The Balaban J connectivity index is 0.000000147. The van der Waals surface area contributed by atoms with Crippen LogP contribution >= 0.6 is 45.3 Å². The molecule has 14 aromatic rings. The predicted octanol–water partition coefficient (Wildman–Crippen LogP) is 11.0. The first-order valence-corrected chi connectivity index (χ1v) is 55.5. The number of aromatic nitrogens is 11. The maximum Gasteiger partial charge on any atom is 0.416 e. The molecule has 4 fully saturated rings. The minimum atomic E-state index is -4.45. The lowest BCUT2D eigenvalue weighted by Gasteiger charge is -2.15. The van der Waals surface area contributed by atoms with Gasteiger partial charge in [0, 0.05) is 97.1 Å². The number of halogens is 3. The van der Waals surface area contributed by atoms with Crippen molar-refractivity contribution in [2.45, 2.75) is 140 Å². The zero-order valence-electron chi connectivity index (χ0n) is 78.5. The van der Waals surface area contributed by atoms with Crippen LogP contribution in [0.25, 0.3) is 21.8 Å². The average Bonchev–Trinajstić information content (AvgIpc) is 1.66. The number of para-hydroxylation sites is 1.